The molecule has 4 aromatic carbocycles. The van der Waals surface area contributed by atoms with Gasteiger partial charge in [0.1, 0.15) is 5.58 Å². The Balaban J connectivity index is 0.000000154. The van der Waals surface area contributed by atoms with Crippen LogP contribution in [0, 0.1) is 12.1 Å². The van der Waals surface area contributed by atoms with Gasteiger partial charge in [0, 0.05) is 36.8 Å². The van der Waals surface area contributed by atoms with Crippen molar-refractivity contribution in [1.29, 1.82) is 0 Å². The number of hydrogen-bond donors (Lipinski definition) is 0. The summed E-state index contributed by atoms with van der Waals surface area (Å²) >= 11 is 0. The van der Waals surface area contributed by atoms with Gasteiger partial charge in [-0.05, 0) is 48.9 Å². The molecule has 8 rings (SSSR count). The molecular weight excluding hydrogens is 738 g/mol. The summed E-state index contributed by atoms with van der Waals surface area (Å²) in [6.07, 6.45) is 12.5. The van der Waals surface area contributed by atoms with Crippen LogP contribution in [0.4, 0.5) is 0 Å². The van der Waals surface area contributed by atoms with Gasteiger partial charge in [-0.3, -0.25) is 4.98 Å². The molecule has 0 amide bonds. The van der Waals surface area contributed by atoms with Gasteiger partial charge in [0.15, 0.2) is 0 Å². The third-order valence-electron chi connectivity index (χ3n) is 9.50. The molecule has 0 atom stereocenters. The van der Waals surface area contributed by atoms with E-state index in [1.54, 1.807) is 0 Å². The Morgan fingerprint density at radius 1 is 0.659 bits per heavy atom. The SMILES string of the molecule is O=P(c1[c-]cccc1)(C1CCCCC1)C1CCCCC1.[Ir].[c-]1ccc2c(oc3ccccc32)c1-c1ccc2ccccc2n1. The molecule has 0 spiro atoms. The largest absolute Gasteiger partial charge is 0.501 e. The third kappa shape index (κ3) is 6.10. The predicted octanol–water partition coefficient (Wildman–Crippen LogP) is 10.7. The van der Waals surface area contributed by atoms with E-state index in [4.69, 9.17) is 9.40 Å². The van der Waals surface area contributed by atoms with Crippen LogP contribution in [0.2, 0.25) is 0 Å². The number of furan rings is 1. The smallest absolute Gasteiger partial charge is 0.120 e. The average molecular weight is 776 g/mol. The van der Waals surface area contributed by atoms with Gasteiger partial charge < -0.3 is 8.98 Å². The first-order valence-corrected chi connectivity index (χ1v) is 17.8. The van der Waals surface area contributed by atoms with Crippen molar-refractivity contribution < 1.29 is 29.1 Å². The fraction of sp³-hybridized carbons (Fsp3) is 0.308. The number of benzene rings is 4. The normalized spacial score (nSPS) is 16.4. The monoisotopic (exact) mass is 776 g/mol. The zero-order chi connectivity index (χ0) is 29.1. The summed E-state index contributed by atoms with van der Waals surface area (Å²) in [4.78, 5) is 4.77. The van der Waals surface area contributed by atoms with Crippen LogP contribution in [0.5, 0.6) is 0 Å². The van der Waals surface area contributed by atoms with Gasteiger partial charge in [0.2, 0.25) is 0 Å². The molecule has 6 aromatic rings. The minimum Gasteiger partial charge on any atom is -0.501 e. The number of aromatic nitrogens is 1. The minimum absolute atomic E-state index is 0. The van der Waals surface area contributed by atoms with Crippen LogP contribution in [0.25, 0.3) is 44.1 Å². The molecule has 2 aliphatic rings. The van der Waals surface area contributed by atoms with E-state index in [-0.39, 0.29) is 20.1 Å². The van der Waals surface area contributed by atoms with E-state index in [9.17, 15) is 4.57 Å². The predicted molar refractivity (Wildman–Crippen MR) is 180 cm³/mol. The summed E-state index contributed by atoms with van der Waals surface area (Å²) in [5.74, 6) is 0. The summed E-state index contributed by atoms with van der Waals surface area (Å²) in [6, 6.07) is 39.0. The molecule has 2 aromatic heterocycles. The molecule has 3 nitrogen and oxygen atoms in total. The molecule has 1 radical (unpaired) electrons. The quantitative estimate of drug-likeness (QED) is 0.132. The zero-order valence-electron chi connectivity index (χ0n) is 25.0. The maximum atomic E-state index is 14.1. The van der Waals surface area contributed by atoms with E-state index in [1.807, 2.05) is 72.8 Å². The van der Waals surface area contributed by atoms with Gasteiger partial charge in [0.25, 0.3) is 0 Å². The van der Waals surface area contributed by atoms with E-state index in [0.29, 0.717) is 11.3 Å². The maximum absolute atomic E-state index is 14.1. The molecule has 227 valence electrons. The molecule has 5 heteroatoms. The Kier molecular flexibility index (Phi) is 9.82. The molecule has 0 N–H and O–H groups in total. The van der Waals surface area contributed by atoms with Crippen molar-refractivity contribution in [3.05, 3.63) is 109 Å². The van der Waals surface area contributed by atoms with Gasteiger partial charge >= 0.3 is 0 Å². The van der Waals surface area contributed by atoms with Crippen LogP contribution in [0.15, 0.2) is 101 Å². The first-order valence-electron chi connectivity index (χ1n) is 16.0. The van der Waals surface area contributed by atoms with Crippen molar-refractivity contribution in [2.24, 2.45) is 0 Å². The fourth-order valence-electron chi connectivity index (χ4n) is 7.31. The van der Waals surface area contributed by atoms with Crippen LogP contribution in [0.3, 0.4) is 0 Å². The van der Waals surface area contributed by atoms with Crippen molar-refractivity contribution in [1.82, 2.24) is 4.98 Å². The molecule has 0 aliphatic heterocycles. The van der Waals surface area contributed by atoms with E-state index in [1.165, 1.54) is 64.2 Å². The van der Waals surface area contributed by atoms with Crippen LogP contribution >= 0.6 is 7.14 Å². The molecule has 2 aliphatic carbocycles. The van der Waals surface area contributed by atoms with E-state index >= 15 is 0 Å². The number of nitrogens with zero attached hydrogens (tertiary/aromatic N) is 1. The van der Waals surface area contributed by atoms with Gasteiger partial charge in [-0.15, -0.1) is 23.5 Å². The molecule has 2 fully saturated rings. The Morgan fingerprint density at radius 3 is 2.07 bits per heavy atom. The molecular formula is C39H38IrNO2P-2. The van der Waals surface area contributed by atoms with Crippen LogP contribution in [-0.2, 0) is 24.7 Å². The standard InChI is InChI=1S/C21H12NO.C18H26OP.Ir/c1-3-10-18-14(6-1)12-13-19(22-18)17-9-5-8-16-15-7-2-4-11-20(15)23-21(16)17;19-20(16-10-4-1-5-11-16,17-12-6-2-7-13-17)18-14-8-3-9-15-18;/h1-8,10-13H;1,4-5,10,17-18H,2-3,6-9,12-15H2;/q2*-1;. The summed E-state index contributed by atoms with van der Waals surface area (Å²) in [6.45, 7) is 0. The summed E-state index contributed by atoms with van der Waals surface area (Å²) in [5, 5.41) is 4.41. The van der Waals surface area contributed by atoms with E-state index < -0.39 is 7.14 Å². The zero-order valence-corrected chi connectivity index (χ0v) is 28.3. The number of para-hydroxylation sites is 2. The Bertz CT molecular complexity index is 1860. The van der Waals surface area contributed by atoms with Crippen molar-refractivity contribution >= 4 is 45.3 Å². The van der Waals surface area contributed by atoms with E-state index in [2.05, 4.69) is 36.4 Å². The summed E-state index contributed by atoms with van der Waals surface area (Å²) in [7, 11) is -2.28. The summed E-state index contributed by atoms with van der Waals surface area (Å²) < 4.78 is 20.2. The second-order valence-corrected chi connectivity index (χ2v) is 15.5. The van der Waals surface area contributed by atoms with Crippen molar-refractivity contribution in [3.63, 3.8) is 0 Å². The Morgan fingerprint density at radius 2 is 1.34 bits per heavy atom. The molecule has 2 saturated carbocycles. The third-order valence-corrected chi connectivity index (χ3v) is 13.7. The molecule has 0 saturated heterocycles. The second-order valence-electron chi connectivity index (χ2n) is 12.1. The van der Waals surface area contributed by atoms with Crippen molar-refractivity contribution in [3.8, 4) is 11.3 Å². The number of pyridine rings is 1. The average Bonchev–Trinajstić information content (AvgIpc) is 3.48. The minimum atomic E-state index is -2.28. The summed E-state index contributed by atoms with van der Waals surface area (Å²) in [5.41, 5.74) is 5.39. The van der Waals surface area contributed by atoms with Crippen molar-refractivity contribution in [2.45, 2.75) is 75.5 Å². The first kappa shape index (κ1) is 31.0. The van der Waals surface area contributed by atoms with Crippen LogP contribution < -0.4 is 5.30 Å². The van der Waals surface area contributed by atoms with Gasteiger partial charge in [-0.1, -0.05) is 98.0 Å². The van der Waals surface area contributed by atoms with Gasteiger partial charge in [-0.2, -0.15) is 30.3 Å². The number of fused-ring (bicyclic) bond motifs is 4. The fourth-order valence-corrected chi connectivity index (χ4v) is 11.6. The maximum Gasteiger partial charge on any atom is 0.120 e. The second kappa shape index (κ2) is 13.9. The molecule has 44 heavy (non-hydrogen) atoms. The van der Waals surface area contributed by atoms with Crippen LogP contribution in [0.1, 0.15) is 64.2 Å². The van der Waals surface area contributed by atoms with Crippen LogP contribution in [-0.4, -0.2) is 16.3 Å². The van der Waals surface area contributed by atoms with Crippen molar-refractivity contribution in [2.75, 3.05) is 0 Å². The number of hydrogen-bond acceptors (Lipinski definition) is 3. The first-order chi connectivity index (χ1) is 21.2. The Labute approximate surface area is 274 Å². The molecule has 0 bridgehead atoms. The van der Waals surface area contributed by atoms with E-state index in [0.717, 1.165) is 49.4 Å². The molecule has 2 heterocycles. The van der Waals surface area contributed by atoms with Gasteiger partial charge in [0.05, 0.1) is 18.2 Å². The number of rotatable bonds is 4. The van der Waals surface area contributed by atoms with Gasteiger partial charge in [-0.25, -0.2) is 0 Å². The Hall–Kier alpha value is -3.03. The molecule has 0 unspecified atom stereocenters. The topological polar surface area (TPSA) is 43.1 Å².